The Labute approximate surface area is 302 Å². The summed E-state index contributed by atoms with van der Waals surface area (Å²) in [6.45, 7) is 13.3. The van der Waals surface area contributed by atoms with E-state index in [4.69, 9.17) is 4.42 Å². The van der Waals surface area contributed by atoms with Crippen molar-refractivity contribution in [1.82, 2.24) is 0 Å². The maximum Gasteiger partial charge on any atom is -0.0279 e. The van der Waals surface area contributed by atoms with Gasteiger partial charge in [0.25, 0.3) is 0 Å². The number of hydrogen-bond acceptors (Lipinski definition) is 1. The minimum absolute atomic E-state index is 0. The van der Waals surface area contributed by atoms with Crippen molar-refractivity contribution in [1.29, 1.82) is 0 Å². The molecule has 1 heterocycles. The molecule has 0 aliphatic rings. The fourth-order valence-electron chi connectivity index (χ4n) is 5.63. The van der Waals surface area contributed by atoms with Gasteiger partial charge in [0.1, 0.15) is 0 Å². The smallest absolute Gasteiger partial charge is 0.0279 e. The Hall–Kier alpha value is -2.94. The van der Waals surface area contributed by atoms with Gasteiger partial charge in [0, 0.05) is 5.41 Å². The van der Waals surface area contributed by atoms with Crippen LogP contribution in [0.3, 0.4) is 0 Å². The summed E-state index contributed by atoms with van der Waals surface area (Å²) in [6.07, 6.45) is 1.80. The Morgan fingerprint density at radius 3 is 1.59 bits per heavy atom. The molecule has 0 spiro atoms. The SMILES string of the molecule is CC(C)(C)c1occc1-c1cc2c(-c3ccccc3)cccc2[cH-]1.C[Si](C)=[Zr+2].Cc1cc2c(-c3ccccc3)cccc2[cH-]1.[Cl-].[Cl-]. The maximum atomic E-state index is 5.79. The van der Waals surface area contributed by atoms with Crippen LogP contribution in [0.15, 0.2) is 138 Å². The Kier molecular flexibility index (Phi) is 13.7. The first-order chi connectivity index (χ1) is 21.1. The Morgan fingerprint density at radius 2 is 1.09 bits per heavy atom. The summed E-state index contributed by atoms with van der Waals surface area (Å²) < 4.78 is 5.79. The normalized spacial score (nSPS) is 10.6. The summed E-state index contributed by atoms with van der Waals surface area (Å²) in [6, 6.07) is 45.3. The van der Waals surface area contributed by atoms with E-state index in [1.807, 2.05) is 0 Å². The summed E-state index contributed by atoms with van der Waals surface area (Å²) in [5.41, 5.74) is 9.10. The minimum atomic E-state index is -0.00938. The van der Waals surface area contributed by atoms with Crippen molar-refractivity contribution in [3.8, 4) is 33.4 Å². The first-order valence-corrected chi connectivity index (χ1v) is 21.4. The summed E-state index contributed by atoms with van der Waals surface area (Å²) >= 11 is 1.74. The predicted octanol–water partition coefficient (Wildman–Crippen LogP) is 6.11. The topological polar surface area (TPSA) is 13.1 Å². The van der Waals surface area contributed by atoms with Crippen LogP contribution in [0.2, 0.25) is 13.1 Å². The molecule has 0 bridgehead atoms. The van der Waals surface area contributed by atoms with Crippen LogP contribution in [-0.2, 0) is 28.8 Å². The molecule has 46 heavy (non-hydrogen) atoms. The first kappa shape index (κ1) is 37.5. The van der Waals surface area contributed by atoms with Gasteiger partial charge >= 0.3 is 41.9 Å². The molecule has 0 unspecified atom stereocenters. The number of halogens is 2. The third kappa shape index (κ3) is 9.11. The summed E-state index contributed by atoms with van der Waals surface area (Å²) in [5.74, 6) is 1.04. The minimum Gasteiger partial charge on any atom is -1.00 e. The average Bonchev–Trinajstić information content (AvgIpc) is 3.75. The molecule has 0 aliphatic carbocycles. The second-order valence-corrected chi connectivity index (χ2v) is 21.9. The van der Waals surface area contributed by atoms with Crippen molar-refractivity contribution in [3.05, 3.63) is 145 Å². The zero-order valence-corrected chi connectivity index (χ0v) is 32.3. The van der Waals surface area contributed by atoms with E-state index in [1.165, 1.54) is 60.5 Å². The van der Waals surface area contributed by atoms with Gasteiger partial charge in [-0.05, 0) is 22.8 Å². The second-order valence-electron chi connectivity index (χ2n) is 12.5. The number of furan rings is 1. The van der Waals surface area contributed by atoms with Crippen LogP contribution in [0.25, 0.3) is 54.9 Å². The molecular weight excluding hydrogens is 699 g/mol. The van der Waals surface area contributed by atoms with E-state index in [-0.39, 0.29) is 35.7 Å². The fraction of sp³-hybridized carbons (Fsp3) is 0.171. The third-order valence-electron chi connectivity index (χ3n) is 7.47. The molecule has 0 N–H and O–H groups in total. The number of fused-ring (bicyclic) bond motifs is 2. The summed E-state index contributed by atoms with van der Waals surface area (Å²) in [5, 5.41) is 5.25. The molecule has 0 saturated heterocycles. The molecule has 0 fully saturated rings. The van der Waals surface area contributed by atoms with Crippen LogP contribution >= 0.6 is 0 Å². The van der Waals surface area contributed by atoms with Crippen LogP contribution in [0.1, 0.15) is 32.1 Å². The zero-order chi connectivity index (χ0) is 31.3. The van der Waals surface area contributed by atoms with Crippen molar-refractivity contribution >= 4 is 27.0 Å². The fourth-order valence-corrected chi connectivity index (χ4v) is 5.63. The molecule has 1 aromatic heterocycles. The molecule has 6 aromatic carbocycles. The van der Waals surface area contributed by atoms with Crippen molar-refractivity contribution in [2.75, 3.05) is 0 Å². The summed E-state index contributed by atoms with van der Waals surface area (Å²) in [4.78, 5) is 0. The van der Waals surface area contributed by atoms with Crippen LogP contribution in [-0.4, -0.2) is 5.43 Å². The summed E-state index contributed by atoms with van der Waals surface area (Å²) in [7, 11) is 0. The van der Waals surface area contributed by atoms with E-state index in [2.05, 4.69) is 168 Å². The molecule has 0 amide bonds. The Balaban J connectivity index is 0.000000228. The van der Waals surface area contributed by atoms with E-state index < -0.39 is 0 Å². The van der Waals surface area contributed by atoms with Crippen molar-refractivity contribution in [2.24, 2.45) is 0 Å². The molecular formula is C41H40Cl2OSiZr-2. The van der Waals surface area contributed by atoms with Gasteiger partial charge in [-0.3, -0.25) is 0 Å². The van der Waals surface area contributed by atoms with Crippen LogP contribution in [0, 0.1) is 6.92 Å². The van der Waals surface area contributed by atoms with E-state index in [0.29, 0.717) is 0 Å². The molecule has 1 nitrogen and oxygen atoms in total. The van der Waals surface area contributed by atoms with Gasteiger partial charge in [-0.25, -0.2) is 0 Å². The van der Waals surface area contributed by atoms with Gasteiger partial charge in [-0.15, -0.1) is 69.1 Å². The van der Waals surface area contributed by atoms with Gasteiger partial charge in [-0.2, -0.15) is 6.07 Å². The van der Waals surface area contributed by atoms with E-state index in [9.17, 15) is 0 Å². The predicted molar refractivity (Wildman–Crippen MR) is 189 cm³/mol. The molecule has 7 rings (SSSR count). The van der Waals surface area contributed by atoms with Crippen molar-refractivity contribution < 1.29 is 52.6 Å². The molecule has 0 atom stereocenters. The molecule has 7 aromatic rings. The second kappa shape index (κ2) is 16.8. The van der Waals surface area contributed by atoms with Crippen LogP contribution in [0.5, 0.6) is 0 Å². The molecule has 5 heteroatoms. The van der Waals surface area contributed by atoms with Crippen molar-refractivity contribution in [2.45, 2.75) is 46.2 Å². The molecule has 0 radical (unpaired) electrons. The number of aryl methyl sites for hydroxylation is 1. The van der Waals surface area contributed by atoms with E-state index in [1.54, 1.807) is 29.6 Å². The number of benzene rings is 4. The molecule has 234 valence electrons. The van der Waals surface area contributed by atoms with Crippen LogP contribution in [0.4, 0.5) is 0 Å². The van der Waals surface area contributed by atoms with E-state index >= 15 is 0 Å². The Morgan fingerprint density at radius 1 is 0.609 bits per heavy atom. The quantitative estimate of drug-likeness (QED) is 0.158. The molecule has 0 saturated carbocycles. The standard InChI is InChI=1S/C23H21O.C16H13.C2H6Si.2ClH.Zr/c1-23(2,3)22-20(12-13-24-22)18-14-17-10-7-11-19(21(17)15-18)16-8-5-4-6-9-16;1-12-10-14-8-5-9-15(16(14)11-12)13-6-3-2-4-7-13;1-3-2;;;/h4-15H,1-3H3;2-11H,1H3;1-2H3;2*1H;/q2*-1;;;;+2/p-2. The average molecular weight is 739 g/mol. The Bertz CT molecular complexity index is 1990. The third-order valence-corrected chi connectivity index (χ3v) is 7.47. The zero-order valence-electron chi connectivity index (χ0n) is 27.4. The van der Waals surface area contributed by atoms with Gasteiger partial charge in [0.2, 0.25) is 0 Å². The van der Waals surface area contributed by atoms with Gasteiger partial charge in [-0.1, -0.05) is 118 Å². The molecule has 0 aliphatic heterocycles. The van der Waals surface area contributed by atoms with Crippen LogP contribution < -0.4 is 24.8 Å². The maximum absolute atomic E-state index is 5.79. The van der Waals surface area contributed by atoms with Gasteiger partial charge < -0.3 is 29.2 Å². The van der Waals surface area contributed by atoms with Crippen molar-refractivity contribution in [3.63, 3.8) is 0 Å². The number of hydrogen-bond donors (Lipinski definition) is 0. The van der Waals surface area contributed by atoms with E-state index in [0.717, 1.165) is 5.76 Å². The monoisotopic (exact) mass is 736 g/mol. The largest absolute Gasteiger partial charge is 1.00 e. The first-order valence-electron chi connectivity index (χ1n) is 15.2. The van der Waals surface area contributed by atoms with Gasteiger partial charge in [0.05, 0.1) is 12.0 Å². The van der Waals surface area contributed by atoms with Gasteiger partial charge in [0.15, 0.2) is 0 Å². The number of rotatable bonds is 3.